The van der Waals surface area contributed by atoms with Crippen molar-refractivity contribution in [2.75, 3.05) is 27.7 Å². The van der Waals surface area contributed by atoms with Gasteiger partial charge >= 0.3 is 0 Å². The summed E-state index contributed by atoms with van der Waals surface area (Å²) in [6, 6.07) is 8.18. The van der Waals surface area contributed by atoms with Crippen molar-refractivity contribution in [1.29, 1.82) is 0 Å². The number of aliphatic imine (C=N–C) groups is 1. The van der Waals surface area contributed by atoms with Gasteiger partial charge in [0.1, 0.15) is 5.75 Å². The summed E-state index contributed by atoms with van der Waals surface area (Å²) in [6.45, 7) is 1.86. The Morgan fingerprint density at radius 3 is 2.42 bits per heavy atom. The van der Waals surface area contributed by atoms with Crippen molar-refractivity contribution in [2.45, 2.75) is 32.2 Å². The number of rotatable bonds is 7. The highest BCUT2D eigenvalue weighted by Crippen LogP contribution is 2.48. The van der Waals surface area contributed by atoms with Crippen molar-refractivity contribution < 1.29 is 4.74 Å². The zero-order chi connectivity index (χ0) is 16.2. The fourth-order valence-electron chi connectivity index (χ4n) is 3.52. The molecule has 0 spiro atoms. The van der Waals surface area contributed by atoms with Crippen LogP contribution in [0.15, 0.2) is 29.3 Å². The molecule has 0 saturated heterocycles. The number of hydrogen-bond acceptors (Lipinski definition) is 2. The van der Waals surface area contributed by atoms with Gasteiger partial charge in [0, 0.05) is 32.7 Å². The molecule has 2 saturated carbocycles. The summed E-state index contributed by atoms with van der Waals surface area (Å²) in [4.78, 5) is 6.64. The minimum atomic E-state index is 0. The molecule has 0 aliphatic heterocycles. The lowest BCUT2D eigenvalue weighted by Crippen LogP contribution is -2.41. The zero-order valence-electron chi connectivity index (χ0n) is 15.0. The third kappa shape index (κ3) is 5.01. The van der Waals surface area contributed by atoms with Crippen molar-refractivity contribution in [1.82, 2.24) is 10.2 Å². The van der Waals surface area contributed by atoms with Crippen molar-refractivity contribution in [2.24, 2.45) is 22.7 Å². The van der Waals surface area contributed by atoms with E-state index in [2.05, 4.69) is 34.4 Å². The fourth-order valence-corrected chi connectivity index (χ4v) is 3.52. The number of nitrogens with zero attached hydrogens (tertiary/aromatic N) is 2. The van der Waals surface area contributed by atoms with Gasteiger partial charge in [-0.25, -0.2) is 0 Å². The molecule has 3 rings (SSSR count). The SMILES string of the molecule is CN=C(NCC(C1CC1)C1CC1)N(C)Cc1ccccc1OC.I. The average Bonchev–Trinajstić information content (AvgIpc) is 3.46. The molecule has 0 radical (unpaired) electrons. The van der Waals surface area contributed by atoms with E-state index in [1.807, 2.05) is 19.2 Å². The largest absolute Gasteiger partial charge is 0.496 e. The highest BCUT2D eigenvalue weighted by atomic mass is 127. The fraction of sp³-hybridized carbons (Fsp3) is 0.632. The van der Waals surface area contributed by atoms with E-state index in [0.717, 1.165) is 42.6 Å². The van der Waals surface area contributed by atoms with Crippen LogP contribution in [0.1, 0.15) is 31.2 Å². The first-order valence-electron chi connectivity index (χ1n) is 8.76. The van der Waals surface area contributed by atoms with E-state index < -0.39 is 0 Å². The Bertz CT molecular complexity index is 543. The lowest BCUT2D eigenvalue weighted by molar-refractivity contribution is 0.380. The monoisotopic (exact) mass is 443 g/mol. The first kappa shape index (κ1) is 19.3. The highest BCUT2D eigenvalue weighted by Gasteiger charge is 2.41. The number of halogens is 1. The van der Waals surface area contributed by atoms with Gasteiger partial charge in [0.05, 0.1) is 7.11 Å². The molecule has 0 amide bonds. The Morgan fingerprint density at radius 2 is 1.88 bits per heavy atom. The topological polar surface area (TPSA) is 36.9 Å². The van der Waals surface area contributed by atoms with Crippen LogP contribution in [-0.2, 0) is 6.54 Å². The number of nitrogens with one attached hydrogen (secondary N) is 1. The minimum Gasteiger partial charge on any atom is -0.496 e. The van der Waals surface area contributed by atoms with Crippen molar-refractivity contribution in [3.05, 3.63) is 29.8 Å². The lowest BCUT2D eigenvalue weighted by atomic mass is 9.98. The normalized spacial score (nSPS) is 17.4. The quantitative estimate of drug-likeness (QED) is 0.396. The zero-order valence-corrected chi connectivity index (χ0v) is 17.3. The van der Waals surface area contributed by atoms with Crippen molar-refractivity contribution in [3.63, 3.8) is 0 Å². The maximum atomic E-state index is 5.45. The van der Waals surface area contributed by atoms with E-state index in [-0.39, 0.29) is 24.0 Å². The van der Waals surface area contributed by atoms with E-state index in [0.29, 0.717) is 0 Å². The van der Waals surface area contributed by atoms with Gasteiger partial charge < -0.3 is 15.0 Å². The first-order chi connectivity index (χ1) is 11.2. The standard InChI is InChI=1S/C19H29N3O.HI/c1-20-19(21-12-17(14-8-9-14)15-10-11-15)22(2)13-16-6-4-5-7-18(16)23-3;/h4-7,14-15,17H,8-13H2,1-3H3,(H,20,21);1H. The van der Waals surface area contributed by atoms with Gasteiger partial charge in [-0.05, 0) is 49.5 Å². The van der Waals surface area contributed by atoms with E-state index >= 15 is 0 Å². The summed E-state index contributed by atoms with van der Waals surface area (Å²) < 4.78 is 5.45. The highest BCUT2D eigenvalue weighted by molar-refractivity contribution is 14.0. The van der Waals surface area contributed by atoms with E-state index in [1.54, 1.807) is 7.11 Å². The van der Waals surface area contributed by atoms with Crippen LogP contribution < -0.4 is 10.1 Å². The van der Waals surface area contributed by atoms with E-state index in [1.165, 1.54) is 31.2 Å². The van der Waals surface area contributed by atoms with Gasteiger partial charge in [-0.1, -0.05) is 18.2 Å². The number of para-hydroxylation sites is 1. The molecule has 1 aromatic rings. The molecule has 0 atom stereocenters. The first-order valence-corrected chi connectivity index (χ1v) is 8.76. The molecule has 134 valence electrons. The Hall–Kier alpha value is -0.980. The van der Waals surface area contributed by atoms with Crippen LogP contribution in [0.25, 0.3) is 0 Å². The summed E-state index contributed by atoms with van der Waals surface area (Å²) in [5.74, 6) is 4.69. The Morgan fingerprint density at radius 1 is 1.25 bits per heavy atom. The third-order valence-electron chi connectivity index (χ3n) is 5.12. The number of hydrogen-bond donors (Lipinski definition) is 1. The Labute approximate surface area is 163 Å². The van der Waals surface area contributed by atoms with Crippen LogP contribution in [0.5, 0.6) is 5.75 Å². The molecule has 4 nitrogen and oxygen atoms in total. The maximum absolute atomic E-state index is 5.45. The van der Waals surface area contributed by atoms with Crippen LogP contribution >= 0.6 is 24.0 Å². The Kier molecular flexibility index (Phi) is 7.19. The third-order valence-corrected chi connectivity index (χ3v) is 5.12. The van der Waals surface area contributed by atoms with Gasteiger partial charge in [0.25, 0.3) is 0 Å². The molecule has 5 heteroatoms. The van der Waals surface area contributed by atoms with Crippen molar-refractivity contribution >= 4 is 29.9 Å². The molecular weight excluding hydrogens is 413 g/mol. The van der Waals surface area contributed by atoms with Crippen molar-refractivity contribution in [3.8, 4) is 5.75 Å². The lowest BCUT2D eigenvalue weighted by Gasteiger charge is -2.25. The maximum Gasteiger partial charge on any atom is 0.193 e. The molecule has 2 fully saturated rings. The molecule has 0 bridgehead atoms. The summed E-state index contributed by atoms with van der Waals surface area (Å²) in [7, 11) is 5.68. The molecule has 0 unspecified atom stereocenters. The Balaban J connectivity index is 0.00000208. The predicted molar refractivity (Wildman–Crippen MR) is 110 cm³/mol. The van der Waals surface area contributed by atoms with Gasteiger partial charge in [-0.2, -0.15) is 0 Å². The second-order valence-corrected chi connectivity index (χ2v) is 6.93. The van der Waals surface area contributed by atoms with Gasteiger partial charge in [0.15, 0.2) is 5.96 Å². The number of guanidine groups is 1. The van der Waals surface area contributed by atoms with Crippen LogP contribution in [0.4, 0.5) is 0 Å². The van der Waals surface area contributed by atoms with Crippen LogP contribution in [-0.4, -0.2) is 38.6 Å². The second kappa shape index (κ2) is 8.92. The molecule has 2 aliphatic rings. The van der Waals surface area contributed by atoms with Gasteiger partial charge in [-0.3, -0.25) is 4.99 Å². The van der Waals surface area contributed by atoms with Crippen LogP contribution in [0.3, 0.4) is 0 Å². The summed E-state index contributed by atoms with van der Waals surface area (Å²) in [6.07, 6.45) is 5.72. The average molecular weight is 443 g/mol. The number of methoxy groups -OCH3 is 1. The molecule has 2 aliphatic carbocycles. The molecule has 0 heterocycles. The summed E-state index contributed by atoms with van der Waals surface area (Å²) in [5, 5.41) is 3.60. The molecule has 1 aromatic carbocycles. The van der Waals surface area contributed by atoms with Gasteiger partial charge in [0.2, 0.25) is 0 Å². The predicted octanol–water partition coefficient (Wildman–Crippen LogP) is 3.76. The minimum absolute atomic E-state index is 0. The summed E-state index contributed by atoms with van der Waals surface area (Å²) >= 11 is 0. The van der Waals surface area contributed by atoms with Gasteiger partial charge in [-0.15, -0.1) is 24.0 Å². The molecule has 0 aromatic heterocycles. The molecular formula is C19H30IN3O. The second-order valence-electron chi connectivity index (χ2n) is 6.93. The smallest absolute Gasteiger partial charge is 0.193 e. The van der Waals surface area contributed by atoms with Crippen LogP contribution in [0, 0.1) is 17.8 Å². The molecule has 24 heavy (non-hydrogen) atoms. The summed E-state index contributed by atoms with van der Waals surface area (Å²) in [5.41, 5.74) is 1.18. The molecule has 1 N–H and O–H groups in total. The van der Waals surface area contributed by atoms with E-state index in [4.69, 9.17) is 4.74 Å². The number of ether oxygens (including phenoxy) is 1. The number of benzene rings is 1. The van der Waals surface area contributed by atoms with Crippen LogP contribution in [0.2, 0.25) is 0 Å². The van der Waals surface area contributed by atoms with E-state index in [9.17, 15) is 0 Å².